The predicted molar refractivity (Wildman–Crippen MR) is 168 cm³/mol. The third-order valence-electron chi connectivity index (χ3n) is 6.97. The van der Waals surface area contributed by atoms with E-state index in [1.54, 1.807) is 60.5 Å². The average Bonchev–Trinajstić information content (AvgIpc) is 3.01. The summed E-state index contributed by atoms with van der Waals surface area (Å²) >= 11 is 6.26. The van der Waals surface area contributed by atoms with Gasteiger partial charge in [0.25, 0.3) is 5.91 Å². The zero-order valence-electron chi connectivity index (χ0n) is 24.1. The van der Waals surface area contributed by atoms with Crippen molar-refractivity contribution in [2.24, 2.45) is 0 Å². The quantitative estimate of drug-likeness (QED) is 0.183. The van der Waals surface area contributed by atoms with Crippen LogP contribution in [0.15, 0.2) is 84.9 Å². The number of rotatable bonds is 10. The molecule has 226 valence electrons. The van der Waals surface area contributed by atoms with E-state index in [4.69, 9.17) is 26.2 Å². The second-order valence-corrected chi connectivity index (χ2v) is 10.6. The fourth-order valence-electron chi connectivity index (χ4n) is 4.96. The molecule has 0 bridgehead atoms. The number of nitrogens with zero attached hydrogens (tertiary/aromatic N) is 1. The summed E-state index contributed by atoms with van der Waals surface area (Å²) in [5, 5.41) is 18.5. The van der Waals surface area contributed by atoms with Gasteiger partial charge in [0.2, 0.25) is 11.8 Å². The van der Waals surface area contributed by atoms with Gasteiger partial charge in [-0.3, -0.25) is 14.4 Å². The van der Waals surface area contributed by atoms with Gasteiger partial charge in [-0.05, 0) is 77.9 Å². The third-order valence-corrected chi connectivity index (χ3v) is 7.21. The van der Waals surface area contributed by atoms with E-state index in [0.717, 1.165) is 16.7 Å². The Morgan fingerprint density at radius 1 is 0.977 bits per heavy atom. The summed E-state index contributed by atoms with van der Waals surface area (Å²) in [6, 6.07) is 25.0. The maximum atomic E-state index is 14.0. The van der Waals surface area contributed by atoms with Gasteiger partial charge in [-0.1, -0.05) is 29.8 Å². The molecule has 44 heavy (non-hydrogen) atoms. The highest BCUT2D eigenvalue weighted by atomic mass is 35.5. The smallest absolute Gasteiger partial charge is 0.258 e. The van der Waals surface area contributed by atoms with Gasteiger partial charge in [0, 0.05) is 41.1 Å². The lowest BCUT2D eigenvalue weighted by Crippen LogP contribution is -2.42. The summed E-state index contributed by atoms with van der Waals surface area (Å²) in [6.45, 7) is 1.22. The van der Waals surface area contributed by atoms with E-state index in [-0.39, 0.29) is 25.0 Å². The molecule has 0 saturated carbocycles. The molecular formula is C33H31ClN4O6. The van der Waals surface area contributed by atoms with E-state index < -0.39 is 18.7 Å². The van der Waals surface area contributed by atoms with Crippen LogP contribution in [0, 0.1) is 0 Å². The molecule has 0 spiro atoms. The molecule has 0 aliphatic carbocycles. The lowest BCUT2D eigenvalue weighted by atomic mass is 10.00. The molecule has 1 aliphatic rings. The SMILES string of the molecule is COc1ccc(C2Nc3ccc(NC(=O)CO)cc3C(=O)N2Cc2cccc(Cl)c2)cc1COc1ccc(NC(C)=O)cc1. The van der Waals surface area contributed by atoms with Gasteiger partial charge in [0.05, 0.1) is 12.7 Å². The van der Waals surface area contributed by atoms with E-state index in [1.165, 1.54) is 6.92 Å². The molecule has 0 saturated heterocycles. The lowest BCUT2D eigenvalue weighted by Gasteiger charge is -2.38. The number of hydrogen-bond acceptors (Lipinski definition) is 7. The van der Waals surface area contributed by atoms with Crippen LogP contribution in [0.1, 0.15) is 40.1 Å². The molecule has 5 rings (SSSR count). The van der Waals surface area contributed by atoms with Crippen molar-refractivity contribution in [2.45, 2.75) is 26.2 Å². The van der Waals surface area contributed by atoms with E-state index in [1.807, 2.05) is 36.4 Å². The van der Waals surface area contributed by atoms with Gasteiger partial charge in [-0.25, -0.2) is 0 Å². The number of carbonyl (C=O) groups excluding carboxylic acids is 3. The maximum absolute atomic E-state index is 14.0. The standard InChI is InChI=1S/C33H31ClN4O6/c1-20(40)35-25-7-10-27(11-8-25)44-19-23-15-22(6-13-30(23)43-2)32-37-29-12-9-26(36-31(41)18-39)16-28(29)33(42)38(32)17-21-4-3-5-24(34)14-21/h3-16,32,37,39H,17-19H2,1-2H3,(H,35,40)(H,36,41). The molecule has 4 aromatic rings. The zero-order chi connectivity index (χ0) is 31.2. The van der Waals surface area contributed by atoms with Gasteiger partial charge in [0.15, 0.2) is 0 Å². The van der Waals surface area contributed by atoms with Crippen molar-refractivity contribution < 1.29 is 29.0 Å². The molecular weight excluding hydrogens is 584 g/mol. The van der Waals surface area contributed by atoms with Crippen molar-refractivity contribution in [1.82, 2.24) is 4.90 Å². The van der Waals surface area contributed by atoms with Crippen molar-refractivity contribution in [1.29, 1.82) is 0 Å². The highest BCUT2D eigenvalue weighted by molar-refractivity contribution is 6.30. The summed E-state index contributed by atoms with van der Waals surface area (Å²) in [5.41, 5.74) is 4.43. The van der Waals surface area contributed by atoms with Crippen molar-refractivity contribution in [3.63, 3.8) is 0 Å². The first-order valence-corrected chi connectivity index (χ1v) is 14.2. The van der Waals surface area contributed by atoms with Gasteiger partial charge >= 0.3 is 0 Å². The van der Waals surface area contributed by atoms with Gasteiger partial charge < -0.3 is 35.4 Å². The number of aliphatic hydroxyl groups excluding tert-OH is 1. The summed E-state index contributed by atoms with van der Waals surface area (Å²) in [4.78, 5) is 38.8. The van der Waals surface area contributed by atoms with Crippen LogP contribution < -0.4 is 25.4 Å². The van der Waals surface area contributed by atoms with E-state index in [9.17, 15) is 14.4 Å². The number of benzene rings is 4. The van der Waals surface area contributed by atoms with Gasteiger partial charge in [0.1, 0.15) is 30.9 Å². The zero-order valence-corrected chi connectivity index (χ0v) is 24.9. The van der Waals surface area contributed by atoms with Crippen molar-refractivity contribution in [3.05, 3.63) is 112 Å². The number of ether oxygens (including phenoxy) is 2. The van der Waals surface area contributed by atoms with Crippen LogP contribution in [-0.4, -0.2) is 41.4 Å². The van der Waals surface area contributed by atoms with Gasteiger partial charge in [-0.2, -0.15) is 0 Å². The molecule has 1 heterocycles. The molecule has 1 atom stereocenters. The van der Waals surface area contributed by atoms with Crippen molar-refractivity contribution in [2.75, 3.05) is 29.7 Å². The Hall–Kier alpha value is -5.06. The maximum Gasteiger partial charge on any atom is 0.258 e. The highest BCUT2D eigenvalue weighted by Gasteiger charge is 2.34. The third kappa shape index (κ3) is 7.11. The lowest BCUT2D eigenvalue weighted by molar-refractivity contribution is -0.118. The van der Waals surface area contributed by atoms with Crippen LogP contribution in [0.25, 0.3) is 0 Å². The van der Waals surface area contributed by atoms with Gasteiger partial charge in [-0.15, -0.1) is 0 Å². The van der Waals surface area contributed by atoms with Crippen LogP contribution in [0.5, 0.6) is 11.5 Å². The molecule has 1 aliphatic heterocycles. The Kier molecular flexibility index (Phi) is 9.32. The number of anilines is 3. The molecule has 0 fully saturated rings. The number of nitrogens with one attached hydrogen (secondary N) is 3. The number of carbonyl (C=O) groups is 3. The summed E-state index contributed by atoms with van der Waals surface area (Å²) in [6.07, 6.45) is -0.562. The van der Waals surface area contributed by atoms with Crippen LogP contribution in [0.4, 0.5) is 17.1 Å². The molecule has 0 radical (unpaired) electrons. The fraction of sp³-hybridized carbons (Fsp3) is 0.182. The molecule has 1 unspecified atom stereocenters. The van der Waals surface area contributed by atoms with Crippen LogP contribution in [0.2, 0.25) is 5.02 Å². The van der Waals surface area contributed by atoms with Crippen LogP contribution in [-0.2, 0) is 22.7 Å². The minimum atomic E-state index is -0.669. The van der Waals surface area contributed by atoms with Crippen molar-refractivity contribution >= 4 is 46.4 Å². The molecule has 4 aromatic carbocycles. The molecule has 4 N–H and O–H groups in total. The second-order valence-electron chi connectivity index (χ2n) is 10.1. The topological polar surface area (TPSA) is 129 Å². The Bertz CT molecular complexity index is 1690. The first-order valence-electron chi connectivity index (χ1n) is 13.8. The number of methoxy groups -OCH3 is 1. The minimum Gasteiger partial charge on any atom is -0.496 e. The molecule has 11 heteroatoms. The first-order chi connectivity index (χ1) is 21.2. The predicted octanol–water partition coefficient (Wildman–Crippen LogP) is 5.58. The van der Waals surface area contributed by atoms with Crippen LogP contribution in [0.3, 0.4) is 0 Å². The number of halogens is 1. The monoisotopic (exact) mass is 614 g/mol. The Labute approximate surface area is 259 Å². The number of hydrogen-bond donors (Lipinski definition) is 4. The van der Waals surface area contributed by atoms with E-state index >= 15 is 0 Å². The van der Waals surface area contributed by atoms with E-state index in [2.05, 4.69) is 16.0 Å². The summed E-state index contributed by atoms with van der Waals surface area (Å²) in [5.74, 6) is 0.245. The fourth-order valence-corrected chi connectivity index (χ4v) is 5.17. The molecule has 0 aromatic heterocycles. The Morgan fingerprint density at radius 2 is 1.75 bits per heavy atom. The first kappa shape index (κ1) is 30.4. The summed E-state index contributed by atoms with van der Waals surface area (Å²) in [7, 11) is 1.58. The Balaban J connectivity index is 1.46. The number of aliphatic hydroxyl groups is 1. The molecule has 3 amide bonds. The largest absolute Gasteiger partial charge is 0.496 e. The second kappa shape index (κ2) is 13.5. The van der Waals surface area contributed by atoms with Crippen LogP contribution >= 0.6 is 11.6 Å². The van der Waals surface area contributed by atoms with E-state index in [0.29, 0.717) is 39.1 Å². The Morgan fingerprint density at radius 3 is 2.45 bits per heavy atom. The number of amides is 3. The molecule has 10 nitrogen and oxygen atoms in total. The minimum absolute atomic E-state index is 0.157. The number of fused-ring (bicyclic) bond motifs is 1. The summed E-state index contributed by atoms with van der Waals surface area (Å²) < 4.78 is 11.7. The van der Waals surface area contributed by atoms with Crippen molar-refractivity contribution in [3.8, 4) is 11.5 Å². The highest BCUT2D eigenvalue weighted by Crippen LogP contribution is 2.37. The average molecular weight is 615 g/mol. The normalized spacial score (nSPS) is 13.9.